The Labute approximate surface area is 149 Å². The topological polar surface area (TPSA) is 34.0 Å². The van der Waals surface area contributed by atoms with Gasteiger partial charge in [0.15, 0.2) is 0 Å². The third kappa shape index (κ3) is 4.00. The van der Waals surface area contributed by atoms with Gasteiger partial charge in [0.1, 0.15) is 0 Å². The first-order chi connectivity index (χ1) is 12.0. The summed E-state index contributed by atoms with van der Waals surface area (Å²) in [5.41, 5.74) is 5.48. The lowest BCUT2D eigenvalue weighted by Gasteiger charge is -2.21. The van der Waals surface area contributed by atoms with Gasteiger partial charge in [0.25, 0.3) is 0 Å². The molecule has 0 radical (unpaired) electrons. The normalized spacial score (nSPS) is 12.0. The molecular weight excluding hydrogens is 308 g/mol. The monoisotopic (exact) mass is 332 g/mol. The first-order valence-electron chi connectivity index (χ1n) is 8.59. The lowest BCUT2D eigenvalue weighted by Crippen LogP contribution is -2.20. The molecular formula is C22H24N2O. The molecule has 3 heteroatoms. The summed E-state index contributed by atoms with van der Waals surface area (Å²) < 4.78 is 2.10. The minimum atomic E-state index is -0.0127. The third-order valence-electron chi connectivity index (χ3n) is 4.58. The predicted molar refractivity (Wildman–Crippen MR) is 103 cm³/mol. The van der Waals surface area contributed by atoms with Crippen LogP contribution in [0.2, 0.25) is 0 Å². The highest BCUT2D eigenvalue weighted by Gasteiger charge is 2.19. The minimum Gasteiger partial charge on any atom is -0.346 e. The second-order valence-corrected chi connectivity index (χ2v) is 6.57. The smallest absolute Gasteiger partial charge is 0.226 e. The Kier molecular flexibility index (Phi) is 5.03. The Morgan fingerprint density at radius 3 is 2.40 bits per heavy atom. The van der Waals surface area contributed by atoms with Gasteiger partial charge >= 0.3 is 0 Å². The number of carbonyl (C=O) groups excluding carboxylic acids is 1. The van der Waals surface area contributed by atoms with Gasteiger partial charge in [-0.05, 0) is 61.2 Å². The maximum absolute atomic E-state index is 12.7. The van der Waals surface area contributed by atoms with Crippen LogP contribution in [0.25, 0.3) is 0 Å². The maximum atomic E-state index is 12.7. The van der Waals surface area contributed by atoms with Gasteiger partial charge in [-0.25, -0.2) is 0 Å². The van der Waals surface area contributed by atoms with Crippen LogP contribution in [0.5, 0.6) is 0 Å². The van der Waals surface area contributed by atoms with Crippen LogP contribution in [0.3, 0.4) is 0 Å². The zero-order chi connectivity index (χ0) is 17.8. The van der Waals surface area contributed by atoms with Crippen molar-refractivity contribution in [1.29, 1.82) is 0 Å². The number of aryl methyl sites for hydroxylation is 3. The molecule has 1 atom stereocenters. The van der Waals surface area contributed by atoms with Crippen molar-refractivity contribution in [1.82, 2.24) is 4.57 Å². The summed E-state index contributed by atoms with van der Waals surface area (Å²) in [7, 11) is 0. The van der Waals surface area contributed by atoms with E-state index in [1.807, 2.05) is 62.6 Å². The first-order valence-corrected chi connectivity index (χ1v) is 8.59. The van der Waals surface area contributed by atoms with E-state index in [4.69, 9.17) is 0 Å². The second-order valence-electron chi connectivity index (χ2n) is 6.57. The summed E-state index contributed by atoms with van der Waals surface area (Å²) in [6.07, 6.45) is 4.43. The molecule has 2 aromatic carbocycles. The number of rotatable bonds is 5. The molecule has 0 fully saturated rings. The van der Waals surface area contributed by atoms with Crippen molar-refractivity contribution in [3.05, 3.63) is 89.2 Å². The highest BCUT2D eigenvalue weighted by molar-refractivity contribution is 5.92. The van der Waals surface area contributed by atoms with Crippen molar-refractivity contribution in [2.24, 2.45) is 0 Å². The van der Waals surface area contributed by atoms with Gasteiger partial charge in [-0.1, -0.05) is 36.4 Å². The SMILES string of the molecule is Cc1ccc(C)c(NC(=O)C[C@H](c2ccccc2C)n2cccc2)c1. The second kappa shape index (κ2) is 7.39. The van der Waals surface area contributed by atoms with Gasteiger partial charge in [0.05, 0.1) is 12.5 Å². The molecule has 1 aromatic heterocycles. The number of benzene rings is 2. The van der Waals surface area contributed by atoms with Crippen LogP contribution in [-0.4, -0.2) is 10.5 Å². The molecule has 0 saturated heterocycles. The highest BCUT2D eigenvalue weighted by Crippen LogP contribution is 2.26. The van der Waals surface area contributed by atoms with Crippen LogP contribution < -0.4 is 5.32 Å². The van der Waals surface area contributed by atoms with Crippen molar-refractivity contribution in [3.8, 4) is 0 Å². The van der Waals surface area contributed by atoms with Crippen molar-refractivity contribution >= 4 is 11.6 Å². The molecule has 0 aliphatic rings. The Morgan fingerprint density at radius 2 is 1.68 bits per heavy atom. The van der Waals surface area contributed by atoms with Crippen LogP contribution in [0, 0.1) is 20.8 Å². The largest absolute Gasteiger partial charge is 0.346 e. The Hall–Kier alpha value is -2.81. The van der Waals surface area contributed by atoms with E-state index in [2.05, 4.69) is 35.0 Å². The van der Waals surface area contributed by atoms with Gasteiger partial charge in [0.2, 0.25) is 5.91 Å². The minimum absolute atomic E-state index is 0.0127. The molecule has 128 valence electrons. The molecule has 3 aromatic rings. The van der Waals surface area contributed by atoms with E-state index in [0.29, 0.717) is 6.42 Å². The number of aromatic nitrogens is 1. The zero-order valence-electron chi connectivity index (χ0n) is 15.0. The molecule has 0 bridgehead atoms. The van der Waals surface area contributed by atoms with Crippen LogP contribution >= 0.6 is 0 Å². The van der Waals surface area contributed by atoms with E-state index in [0.717, 1.165) is 16.8 Å². The van der Waals surface area contributed by atoms with Crippen molar-refractivity contribution in [2.45, 2.75) is 33.2 Å². The van der Waals surface area contributed by atoms with Crippen LogP contribution in [0.1, 0.15) is 34.7 Å². The zero-order valence-corrected chi connectivity index (χ0v) is 15.0. The lowest BCUT2D eigenvalue weighted by atomic mass is 9.98. The predicted octanol–water partition coefficient (Wildman–Crippen LogP) is 5.03. The highest BCUT2D eigenvalue weighted by atomic mass is 16.1. The molecule has 1 amide bonds. The molecule has 0 unspecified atom stereocenters. The summed E-state index contributed by atoms with van der Waals surface area (Å²) in [6, 6.07) is 18.3. The van der Waals surface area contributed by atoms with E-state index in [1.54, 1.807) is 0 Å². The van der Waals surface area contributed by atoms with Crippen LogP contribution in [-0.2, 0) is 4.79 Å². The summed E-state index contributed by atoms with van der Waals surface area (Å²) in [6.45, 7) is 6.14. The van der Waals surface area contributed by atoms with Gasteiger partial charge < -0.3 is 9.88 Å². The number of nitrogens with zero attached hydrogens (tertiary/aromatic N) is 1. The summed E-state index contributed by atoms with van der Waals surface area (Å²) in [4.78, 5) is 12.7. The molecule has 1 heterocycles. The van der Waals surface area contributed by atoms with E-state index >= 15 is 0 Å². The number of hydrogen-bond donors (Lipinski definition) is 1. The van der Waals surface area contributed by atoms with Gasteiger partial charge in [-0.3, -0.25) is 4.79 Å². The summed E-state index contributed by atoms with van der Waals surface area (Å²) in [5, 5.41) is 3.08. The summed E-state index contributed by atoms with van der Waals surface area (Å²) in [5.74, 6) is 0.0238. The third-order valence-corrected chi connectivity index (χ3v) is 4.58. The van der Waals surface area contributed by atoms with E-state index in [-0.39, 0.29) is 11.9 Å². The number of hydrogen-bond acceptors (Lipinski definition) is 1. The average molecular weight is 332 g/mol. The molecule has 3 nitrogen and oxygen atoms in total. The Bertz CT molecular complexity index is 865. The maximum Gasteiger partial charge on any atom is 0.226 e. The lowest BCUT2D eigenvalue weighted by molar-refractivity contribution is -0.116. The van der Waals surface area contributed by atoms with Crippen LogP contribution in [0.4, 0.5) is 5.69 Å². The van der Waals surface area contributed by atoms with Gasteiger partial charge in [0, 0.05) is 18.1 Å². The number of nitrogens with one attached hydrogen (secondary N) is 1. The van der Waals surface area contributed by atoms with Gasteiger partial charge in [-0.2, -0.15) is 0 Å². The molecule has 0 aliphatic heterocycles. The average Bonchev–Trinajstić information content (AvgIpc) is 3.11. The molecule has 3 rings (SSSR count). The van der Waals surface area contributed by atoms with Crippen molar-refractivity contribution in [2.75, 3.05) is 5.32 Å². The van der Waals surface area contributed by atoms with E-state index in [9.17, 15) is 4.79 Å². The fourth-order valence-electron chi connectivity index (χ4n) is 3.14. The number of anilines is 1. The van der Waals surface area contributed by atoms with Crippen LogP contribution in [0.15, 0.2) is 67.0 Å². The standard InChI is InChI=1S/C22H24N2O/c1-16-10-11-18(3)20(14-16)23-22(25)15-21(24-12-6-7-13-24)19-9-5-4-8-17(19)2/h4-14,21H,15H2,1-3H3,(H,23,25)/t21-/m1/s1. The van der Waals surface area contributed by atoms with Crippen molar-refractivity contribution < 1.29 is 4.79 Å². The quantitative estimate of drug-likeness (QED) is 0.698. The Morgan fingerprint density at radius 1 is 0.960 bits per heavy atom. The fraction of sp³-hybridized carbons (Fsp3) is 0.227. The molecule has 0 spiro atoms. The molecule has 1 N–H and O–H groups in total. The molecule has 0 saturated carbocycles. The van der Waals surface area contributed by atoms with E-state index in [1.165, 1.54) is 11.1 Å². The van der Waals surface area contributed by atoms with E-state index < -0.39 is 0 Å². The number of carbonyl (C=O) groups is 1. The van der Waals surface area contributed by atoms with Gasteiger partial charge in [-0.15, -0.1) is 0 Å². The number of amides is 1. The Balaban J connectivity index is 1.85. The molecule has 25 heavy (non-hydrogen) atoms. The first kappa shape index (κ1) is 17.0. The van der Waals surface area contributed by atoms with Crippen molar-refractivity contribution in [3.63, 3.8) is 0 Å². The summed E-state index contributed by atoms with van der Waals surface area (Å²) >= 11 is 0. The fourth-order valence-corrected chi connectivity index (χ4v) is 3.14. The molecule has 0 aliphatic carbocycles.